The van der Waals surface area contributed by atoms with E-state index in [2.05, 4.69) is 25.7 Å². The largest absolute Gasteiger partial charge is 0.421 e. The molecule has 0 aliphatic carbocycles. The molecule has 2 aromatic heterocycles. The van der Waals surface area contributed by atoms with Crippen molar-refractivity contribution in [2.45, 2.75) is 6.18 Å². The van der Waals surface area contributed by atoms with Crippen LogP contribution in [0.25, 0.3) is 0 Å². The molecule has 0 fully saturated rings. The Kier molecular flexibility index (Phi) is 3.28. The van der Waals surface area contributed by atoms with E-state index in [9.17, 15) is 13.2 Å². The van der Waals surface area contributed by atoms with Gasteiger partial charge in [0.2, 0.25) is 5.95 Å². The lowest BCUT2D eigenvalue weighted by molar-refractivity contribution is -0.137. The van der Waals surface area contributed by atoms with Crippen LogP contribution in [-0.4, -0.2) is 26.8 Å². The molecule has 2 heterocycles. The molecule has 0 bridgehead atoms. The first kappa shape index (κ1) is 13.1. The Bertz CT molecular complexity index is 577. The van der Waals surface area contributed by atoms with Crippen molar-refractivity contribution in [3.05, 3.63) is 24.0 Å². The topological polar surface area (TPSA) is 67.7 Å². The number of nitrogens with one attached hydrogen (secondary N) is 2. The van der Waals surface area contributed by atoms with E-state index in [-0.39, 0.29) is 11.8 Å². The van der Waals surface area contributed by atoms with Crippen molar-refractivity contribution < 1.29 is 13.2 Å². The minimum absolute atomic E-state index is 0.0564. The van der Waals surface area contributed by atoms with E-state index in [1.54, 1.807) is 19.3 Å². The van der Waals surface area contributed by atoms with Crippen LogP contribution < -0.4 is 10.6 Å². The molecular formula is C10H11F3N6. The Hall–Kier alpha value is -2.32. The molecule has 0 aliphatic heterocycles. The van der Waals surface area contributed by atoms with E-state index >= 15 is 0 Å². The lowest BCUT2D eigenvalue weighted by Gasteiger charge is -2.12. The van der Waals surface area contributed by atoms with Gasteiger partial charge in [0.05, 0.1) is 6.20 Å². The highest BCUT2D eigenvalue weighted by Gasteiger charge is 2.35. The predicted octanol–water partition coefficient (Wildman–Crippen LogP) is 2.01. The Morgan fingerprint density at radius 1 is 1.32 bits per heavy atom. The third-order valence-electron chi connectivity index (χ3n) is 2.39. The second-order valence-corrected chi connectivity index (χ2v) is 3.67. The Morgan fingerprint density at radius 2 is 2.05 bits per heavy atom. The van der Waals surface area contributed by atoms with Crippen LogP contribution in [0.2, 0.25) is 0 Å². The zero-order valence-electron chi connectivity index (χ0n) is 10.2. The summed E-state index contributed by atoms with van der Waals surface area (Å²) in [6.45, 7) is 0. The molecule has 0 spiro atoms. The summed E-state index contributed by atoms with van der Waals surface area (Å²) < 4.78 is 39.5. The fourth-order valence-corrected chi connectivity index (χ4v) is 1.45. The highest BCUT2D eigenvalue weighted by molar-refractivity contribution is 5.53. The number of halogens is 3. The minimum atomic E-state index is -4.50. The molecular weight excluding hydrogens is 261 g/mol. The zero-order chi connectivity index (χ0) is 14.0. The van der Waals surface area contributed by atoms with Crippen LogP contribution in [0.1, 0.15) is 5.56 Å². The average molecular weight is 272 g/mol. The van der Waals surface area contributed by atoms with Crippen LogP contribution in [0.15, 0.2) is 18.5 Å². The number of hydrogen-bond acceptors (Lipinski definition) is 5. The zero-order valence-corrected chi connectivity index (χ0v) is 10.2. The lowest BCUT2D eigenvalue weighted by atomic mass is 10.3. The van der Waals surface area contributed by atoms with E-state index in [1.165, 1.54) is 11.7 Å². The Balaban J connectivity index is 2.32. The SMILES string of the molecule is CNc1nc(Nc2ccnn2C)ncc1C(F)(F)F. The third kappa shape index (κ3) is 2.75. The highest BCUT2D eigenvalue weighted by atomic mass is 19.4. The van der Waals surface area contributed by atoms with Gasteiger partial charge in [-0.2, -0.15) is 23.3 Å². The van der Waals surface area contributed by atoms with Gasteiger partial charge in [-0.25, -0.2) is 4.98 Å². The molecule has 0 unspecified atom stereocenters. The number of anilines is 3. The summed E-state index contributed by atoms with van der Waals surface area (Å²) in [5, 5.41) is 9.09. The fourth-order valence-electron chi connectivity index (χ4n) is 1.45. The quantitative estimate of drug-likeness (QED) is 0.894. The van der Waals surface area contributed by atoms with E-state index in [4.69, 9.17) is 0 Å². The first-order valence-electron chi connectivity index (χ1n) is 5.29. The Morgan fingerprint density at radius 3 is 2.58 bits per heavy atom. The maximum Gasteiger partial charge on any atom is 0.421 e. The molecule has 0 aliphatic rings. The van der Waals surface area contributed by atoms with E-state index in [0.29, 0.717) is 5.82 Å². The molecule has 2 rings (SSSR count). The highest BCUT2D eigenvalue weighted by Crippen LogP contribution is 2.33. The van der Waals surface area contributed by atoms with Crippen LogP contribution in [-0.2, 0) is 13.2 Å². The monoisotopic (exact) mass is 272 g/mol. The maximum atomic E-state index is 12.7. The first-order valence-corrected chi connectivity index (χ1v) is 5.29. The summed E-state index contributed by atoms with van der Waals surface area (Å²) in [5.74, 6) is 0.343. The summed E-state index contributed by atoms with van der Waals surface area (Å²) in [5.41, 5.74) is -0.912. The van der Waals surface area contributed by atoms with Gasteiger partial charge < -0.3 is 10.6 Å². The van der Waals surface area contributed by atoms with Crippen molar-refractivity contribution in [2.75, 3.05) is 17.7 Å². The lowest BCUT2D eigenvalue weighted by Crippen LogP contribution is -2.13. The molecule has 102 valence electrons. The van der Waals surface area contributed by atoms with Gasteiger partial charge in [-0.15, -0.1) is 0 Å². The number of aryl methyl sites for hydroxylation is 1. The van der Waals surface area contributed by atoms with Gasteiger partial charge in [0.15, 0.2) is 0 Å². The van der Waals surface area contributed by atoms with Crippen molar-refractivity contribution in [2.24, 2.45) is 7.05 Å². The minimum Gasteiger partial charge on any atom is -0.372 e. The molecule has 19 heavy (non-hydrogen) atoms. The molecule has 9 heteroatoms. The molecule has 0 aromatic carbocycles. The molecule has 6 nitrogen and oxygen atoms in total. The second kappa shape index (κ2) is 4.75. The van der Waals surface area contributed by atoms with Gasteiger partial charge in [-0.1, -0.05) is 0 Å². The first-order chi connectivity index (χ1) is 8.91. The standard InChI is InChI=1S/C10H11F3N6/c1-14-8-6(10(11,12)13)5-15-9(18-8)17-7-3-4-16-19(7)2/h3-5H,1-2H3,(H2,14,15,17,18). The van der Waals surface area contributed by atoms with Crippen LogP contribution in [0.4, 0.5) is 30.8 Å². The Labute approximate surface area is 106 Å². The molecule has 0 amide bonds. The van der Waals surface area contributed by atoms with Gasteiger partial charge in [-0.3, -0.25) is 4.68 Å². The summed E-state index contributed by atoms with van der Waals surface area (Å²) in [6, 6.07) is 1.65. The summed E-state index contributed by atoms with van der Waals surface area (Å²) in [4.78, 5) is 7.43. The van der Waals surface area contributed by atoms with Crippen LogP contribution in [0, 0.1) is 0 Å². The smallest absolute Gasteiger partial charge is 0.372 e. The average Bonchev–Trinajstić information content (AvgIpc) is 2.73. The van der Waals surface area contributed by atoms with Crippen molar-refractivity contribution in [3.8, 4) is 0 Å². The molecule has 0 radical (unpaired) electrons. The molecule has 0 saturated heterocycles. The fraction of sp³-hybridized carbons (Fsp3) is 0.300. The van der Waals surface area contributed by atoms with Crippen molar-refractivity contribution in [3.63, 3.8) is 0 Å². The molecule has 0 atom stereocenters. The summed E-state index contributed by atoms with van der Waals surface area (Å²) in [7, 11) is 3.05. The van der Waals surface area contributed by atoms with E-state index in [1.807, 2.05) is 0 Å². The number of nitrogens with zero attached hydrogens (tertiary/aromatic N) is 4. The molecule has 0 saturated carbocycles. The summed E-state index contributed by atoms with van der Waals surface area (Å²) >= 11 is 0. The maximum absolute atomic E-state index is 12.7. The molecule has 2 N–H and O–H groups in total. The molecule has 2 aromatic rings. The summed E-state index contributed by atoms with van der Waals surface area (Å²) in [6.07, 6.45) is -2.22. The number of alkyl halides is 3. The predicted molar refractivity (Wildman–Crippen MR) is 63.1 cm³/mol. The van der Waals surface area contributed by atoms with Crippen molar-refractivity contribution >= 4 is 17.6 Å². The van der Waals surface area contributed by atoms with E-state index in [0.717, 1.165) is 6.20 Å². The number of aromatic nitrogens is 4. The van der Waals surface area contributed by atoms with E-state index < -0.39 is 11.7 Å². The van der Waals surface area contributed by atoms with Crippen molar-refractivity contribution in [1.29, 1.82) is 0 Å². The second-order valence-electron chi connectivity index (χ2n) is 3.67. The third-order valence-corrected chi connectivity index (χ3v) is 2.39. The van der Waals surface area contributed by atoms with Gasteiger partial charge >= 0.3 is 6.18 Å². The van der Waals surface area contributed by atoms with Gasteiger partial charge in [0.1, 0.15) is 17.2 Å². The number of hydrogen-bond donors (Lipinski definition) is 2. The van der Waals surface area contributed by atoms with Crippen molar-refractivity contribution in [1.82, 2.24) is 19.7 Å². The van der Waals surface area contributed by atoms with Crippen LogP contribution >= 0.6 is 0 Å². The number of rotatable bonds is 3. The van der Waals surface area contributed by atoms with Crippen LogP contribution in [0.5, 0.6) is 0 Å². The normalized spacial score (nSPS) is 11.4. The van der Waals surface area contributed by atoms with Gasteiger partial charge in [0, 0.05) is 26.4 Å². The van der Waals surface area contributed by atoms with Gasteiger partial charge in [-0.05, 0) is 0 Å². The van der Waals surface area contributed by atoms with Crippen LogP contribution in [0.3, 0.4) is 0 Å². The van der Waals surface area contributed by atoms with Gasteiger partial charge in [0.25, 0.3) is 0 Å².